The van der Waals surface area contributed by atoms with Crippen molar-refractivity contribution in [2.24, 2.45) is 11.7 Å². The van der Waals surface area contributed by atoms with E-state index in [0.717, 1.165) is 58.4 Å². The molecular formula is C14H25N5O2. The van der Waals surface area contributed by atoms with E-state index in [1.807, 2.05) is 4.90 Å². The highest BCUT2D eigenvalue weighted by Gasteiger charge is 2.46. The molecule has 3 heterocycles. The fraction of sp³-hybridized carbons (Fsp3) is 0.857. The van der Waals surface area contributed by atoms with Crippen LogP contribution in [0.5, 0.6) is 0 Å². The summed E-state index contributed by atoms with van der Waals surface area (Å²) in [5, 5.41) is 6.53. The quantitative estimate of drug-likeness (QED) is 0.596. The van der Waals surface area contributed by atoms with E-state index >= 15 is 0 Å². The Hall–Kier alpha value is -1.34. The number of amides is 3. The number of likely N-dealkylation sites (tertiary alicyclic amines) is 1. The highest BCUT2D eigenvalue weighted by molar-refractivity contribution is 5.79. The third-order valence-electron chi connectivity index (χ3n) is 5.26. The molecule has 21 heavy (non-hydrogen) atoms. The van der Waals surface area contributed by atoms with E-state index in [4.69, 9.17) is 5.73 Å². The molecule has 3 rings (SSSR count). The summed E-state index contributed by atoms with van der Waals surface area (Å²) in [4.78, 5) is 27.8. The summed E-state index contributed by atoms with van der Waals surface area (Å²) in [6, 6.07) is -0.363. The molecule has 7 nitrogen and oxygen atoms in total. The lowest BCUT2D eigenvalue weighted by Gasteiger charge is -2.44. The van der Waals surface area contributed by atoms with Crippen LogP contribution in [0.3, 0.4) is 0 Å². The molecule has 0 aromatic carbocycles. The first-order chi connectivity index (χ1) is 10.1. The number of carbonyl (C=O) groups is 2. The molecule has 3 aliphatic heterocycles. The van der Waals surface area contributed by atoms with E-state index in [2.05, 4.69) is 10.6 Å². The second-order valence-corrected chi connectivity index (χ2v) is 6.43. The average Bonchev–Trinajstić information content (AvgIpc) is 2.92. The number of nitrogens with two attached hydrogens (primary N) is 1. The van der Waals surface area contributed by atoms with Crippen molar-refractivity contribution in [2.75, 3.05) is 39.4 Å². The van der Waals surface area contributed by atoms with Crippen LogP contribution in [0, 0.1) is 5.92 Å². The number of primary amides is 1. The Morgan fingerprint density at radius 1 is 1.10 bits per heavy atom. The Kier molecular flexibility index (Phi) is 4.03. The summed E-state index contributed by atoms with van der Waals surface area (Å²) in [6.07, 6.45) is 3.52. The van der Waals surface area contributed by atoms with Crippen molar-refractivity contribution in [1.29, 1.82) is 0 Å². The molecular weight excluding hydrogens is 270 g/mol. The standard InChI is InChI=1S/C14H25N5O2/c15-13(21)19-10-17-9-14(19)3-7-18(8-4-14)12(20)11-1-5-16-6-2-11/h11,16-17H,1-10H2,(H2,15,21). The van der Waals surface area contributed by atoms with E-state index in [1.54, 1.807) is 4.90 Å². The van der Waals surface area contributed by atoms with Crippen LogP contribution in [-0.4, -0.2) is 66.7 Å². The molecule has 3 aliphatic rings. The van der Waals surface area contributed by atoms with Crippen molar-refractivity contribution in [3.8, 4) is 0 Å². The molecule has 0 aliphatic carbocycles. The Bertz CT molecular complexity index is 414. The van der Waals surface area contributed by atoms with Gasteiger partial charge in [0.1, 0.15) is 0 Å². The Labute approximate surface area is 125 Å². The molecule has 0 bridgehead atoms. The summed E-state index contributed by atoms with van der Waals surface area (Å²) in [7, 11) is 0. The van der Waals surface area contributed by atoms with E-state index in [0.29, 0.717) is 12.6 Å². The zero-order valence-electron chi connectivity index (χ0n) is 12.4. The topological polar surface area (TPSA) is 90.7 Å². The Morgan fingerprint density at radius 2 is 1.76 bits per heavy atom. The molecule has 4 N–H and O–H groups in total. The molecule has 0 saturated carbocycles. The minimum atomic E-state index is -0.363. The van der Waals surface area contributed by atoms with Crippen LogP contribution in [0.2, 0.25) is 0 Å². The number of hydrogen-bond acceptors (Lipinski definition) is 4. The lowest BCUT2D eigenvalue weighted by molar-refractivity contribution is -0.138. The van der Waals surface area contributed by atoms with Gasteiger partial charge in [-0.05, 0) is 38.8 Å². The fourth-order valence-corrected chi connectivity index (χ4v) is 3.89. The first-order valence-electron chi connectivity index (χ1n) is 7.90. The highest BCUT2D eigenvalue weighted by Crippen LogP contribution is 2.32. The lowest BCUT2D eigenvalue weighted by Crippen LogP contribution is -2.58. The smallest absolute Gasteiger partial charge is 0.316 e. The fourth-order valence-electron chi connectivity index (χ4n) is 3.89. The summed E-state index contributed by atoms with van der Waals surface area (Å²) < 4.78 is 0. The summed E-state index contributed by atoms with van der Waals surface area (Å²) in [5.41, 5.74) is 5.29. The molecule has 7 heteroatoms. The van der Waals surface area contributed by atoms with Crippen LogP contribution >= 0.6 is 0 Å². The van der Waals surface area contributed by atoms with Crippen molar-refractivity contribution in [3.05, 3.63) is 0 Å². The van der Waals surface area contributed by atoms with Gasteiger partial charge in [0.15, 0.2) is 0 Å². The maximum atomic E-state index is 12.5. The van der Waals surface area contributed by atoms with Crippen molar-refractivity contribution in [1.82, 2.24) is 20.4 Å². The monoisotopic (exact) mass is 295 g/mol. The number of rotatable bonds is 1. The molecule has 0 aromatic heterocycles. The van der Waals surface area contributed by atoms with E-state index < -0.39 is 0 Å². The second-order valence-electron chi connectivity index (χ2n) is 6.43. The lowest BCUT2D eigenvalue weighted by atomic mass is 9.86. The van der Waals surface area contributed by atoms with Crippen LogP contribution in [0.4, 0.5) is 4.79 Å². The van der Waals surface area contributed by atoms with Gasteiger partial charge in [0.05, 0.1) is 12.2 Å². The van der Waals surface area contributed by atoms with Crippen molar-refractivity contribution < 1.29 is 9.59 Å². The molecule has 0 radical (unpaired) electrons. The number of carbonyl (C=O) groups excluding carboxylic acids is 2. The van der Waals surface area contributed by atoms with Crippen LogP contribution in [0.15, 0.2) is 0 Å². The van der Waals surface area contributed by atoms with E-state index in [1.165, 1.54) is 0 Å². The first-order valence-corrected chi connectivity index (χ1v) is 7.90. The normalized spacial score (nSPS) is 26.3. The molecule has 1 spiro atoms. The maximum absolute atomic E-state index is 12.5. The molecule has 0 atom stereocenters. The number of nitrogens with zero attached hydrogens (tertiary/aromatic N) is 2. The SMILES string of the molecule is NC(=O)N1CNCC12CCN(C(=O)C1CCNCC1)CC2. The third kappa shape index (κ3) is 2.72. The van der Waals surface area contributed by atoms with Gasteiger partial charge in [-0.2, -0.15) is 0 Å². The van der Waals surface area contributed by atoms with Crippen molar-refractivity contribution >= 4 is 11.9 Å². The molecule has 0 aromatic rings. The van der Waals surface area contributed by atoms with Crippen LogP contribution in [0.25, 0.3) is 0 Å². The first kappa shape index (κ1) is 14.6. The Balaban J connectivity index is 1.59. The molecule has 3 saturated heterocycles. The Morgan fingerprint density at radius 3 is 2.38 bits per heavy atom. The number of urea groups is 1. The van der Waals surface area contributed by atoms with E-state index in [-0.39, 0.29) is 17.5 Å². The predicted molar refractivity (Wildman–Crippen MR) is 78.4 cm³/mol. The summed E-state index contributed by atoms with van der Waals surface area (Å²) in [6.45, 7) is 4.65. The number of hydrogen-bond donors (Lipinski definition) is 3. The van der Waals surface area contributed by atoms with Crippen LogP contribution in [0.1, 0.15) is 25.7 Å². The van der Waals surface area contributed by atoms with Crippen LogP contribution < -0.4 is 16.4 Å². The predicted octanol–water partition coefficient (Wildman–Crippen LogP) is -0.711. The van der Waals surface area contributed by atoms with Gasteiger partial charge >= 0.3 is 6.03 Å². The average molecular weight is 295 g/mol. The molecule has 0 unspecified atom stereocenters. The zero-order valence-corrected chi connectivity index (χ0v) is 12.4. The van der Waals surface area contributed by atoms with Gasteiger partial charge in [-0.3, -0.25) is 10.1 Å². The third-order valence-corrected chi connectivity index (χ3v) is 5.26. The highest BCUT2D eigenvalue weighted by atomic mass is 16.2. The second kappa shape index (κ2) is 5.81. The minimum absolute atomic E-state index is 0.175. The zero-order chi connectivity index (χ0) is 14.9. The summed E-state index contributed by atoms with van der Waals surface area (Å²) >= 11 is 0. The number of nitrogens with one attached hydrogen (secondary N) is 2. The largest absolute Gasteiger partial charge is 0.351 e. The minimum Gasteiger partial charge on any atom is -0.351 e. The molecule has 3 amide bonds. The van der Waals surface area contributed by atoms with Gasteiger partial charge in [-0.25, -0.2) is 4.79 Å². The van der Waals surface area contributed by atoms with Crippen molar-refractivity contribution in [3.63, 3.8) is 0 Å². The van der Waals surface area contributed by atoms with Crippen LogP contribution in [-0.2, 0) is 4.79 Å². The van der Waals surface area contributed by atoms with Gasteiger partial charge in [0.2, 0.25) is 5.91 Å². The van der Waals surface area contributed by atoms with Gasteiger partial charge < -0.3 is 20.9 Å². The summed E-state index contributed by atoms with van der Waals surface area (Å²) in [5.74, 6) is 0.470. The van der Waals surface area contributed by atoms with E-state index in [9.17, 15) is 9.59 Å². The van der Waals surface area contributed by atoms with Gasteiger partial charge in [-0.15, -0.1) is 0 Å². The van der Waals surface area contributed by atoms with Gasteiger partial charge in [0, 0.05) is 25.6 Å². The van der Waals surface area contributed by atoms with Gasteiger partial charge in [-0.1, -0.05) is 0 Å². The van der Waals surface area contributed by atoms with Crippen molar-refractivity contribution in [2.45, 2.75) is 31.2 Å². The maximum Gasteiger partial charge on any atom is 0.316 e. The number of piperidine rings is 2. The molecule has 3 fully saturated rings. The van der Waals surface area contributed by atoms with Gasteiger partial charge in [0.25, 0.3) is 0 Å². The molecule has 118 valence electrons.